The summed E-state index contributed by atoms with van der Waals surface area (Å²) in [5.74, 6) is 5.30. The monoisotopic (exact) mass is 340 g/mol. The van der Waals surface area contributed by atoms with Crippen LogP contribution in [0.5, 0.6) is 0 Å². The van der Waals surface area contributed by atoms with E-state index in [0.29, 0.717) is 4.83 Å². The Morgan fingerprint density at radius 1 is 0.952 bits per heavy atom. The van der Waals surface area contributed by atoms with E-state index in [0.717, 1.165) is 29.6 Å². The molecule has 3 saturated carbocycles. The van der Waals surface area contributed by atoms with Crippen LogP contribution in [0.15, 0.2) is 42.5 Å². The van der Waals surface area contributed by atoms with Gasteiger partial charge in [-0.25, -0.2) is 0 Å². The largest absolute Gasteiger partial charge is 0.0884 e. The first kappa shape index (κ1) is 12.7. The van der Waals surface area contributed by atoms with E-state index in [4.69, 9.17) is 0 Å². The van der Waals surface area contributed by atoms with E-state index in [1.807, 2.05) is 0 Å². The number of fused-ring (bicyclic) bond motifs is 6. The van der Waals surface area contributed by atoms with Gasteiger partial charge in [-0.3, -0.25) is 0 Å². The van der Waals surface area contributed by atoms with E-state index >= 15 is 0 Å². The van der Waals surface area contributed by atoms with Crippen molar-refractivity contribution in [1.82, 2.24) is 0 Å². The van der Waals surface area contributed by atoms with Crippen LogP contribution in [0.4, 0.5) is 0 Å². The summed E-state index contributed by atoms with van der Waals surface area (Å²) >= 11 is 4.04. The number of hydrogen-bond donors (Lipinski definition) is 0. The molecule has 5 atom stereocenters. The first-order valence-electron chi connectivity index (χ1n) is 8.43. The number of alkyl halides is 1. The van der Waals surface area contributed by atoms with Crippen LogP contribution in [-0.2, 0) is 6.42 Å². The van der Waals surface area contributed by atoms with E-state index in [1.165, 1.54) is 35.6 Å². The Morgan fingerprint density at radius 2 is 1.67 bits per heavy atom. The minimum atomic E-state index is 0.692. The summed E-state index contributed by atoms with van der Waals surface area (Å²) in [7, 11) is 0. The Kier molecular flexibility index (Phi) is 2.77. The molecule has 0 heterocycles. The molecule has 3 fully saturated rings. The Hall–Kier alpha value is -0.820. The van der Waals surface area contributed by atoms with Crippen LogP contribution >= 0.6 is 15.9 Å². The molecule has 0 amide bonds. The summed E-state index contributed by atoms with van der Waals surface area (Å²) < 4.78 is 0. The van der Waals surface area contributed by atoms with Gasteiger partial charge in [0.15, 0.2) is 0 Å². The van der Waals surface area contributed by atoms with Crippen molar-refractivity contribution in [3.8, 4) is 0 Å². The van der Waals surface area contributed by atoms with E-state index < -0.39 is 0 Å². The van der Waals surface area contributed by atoms with Crippen molar-refractivity contribution < 1.29 is 0 Å². The van der Waals surface area contributed by atoms with Crippen LogP contribution in [0, 0.1) is 29.6 Å². The minimum Gasteiger partial charge on any atom is -0.0884 e. The molecule has 0 aromatic heterocycles. The lowest BCUT2D eigenvalue weighted by atomic mass is 9.96. The summed E-state index contributed by atoms with van der Waals surface area (Å²) in [6.07, 6.45) is 5.81. The lowest BCUT2D eigenvalue weighted by Gasteiger charge is -2.15. The Labute approximate surface area is 135 Å². The SMILES string of the molecule is BrC(Cc1ccc2ccccc2c1)C1C2C3CCC(C3)C12. The van der Waals surface area contributed by atoms with E-state index in [9.17, 15) is 0 Å². The molecule has 2 bridgehead atoms. The van der Waals surface area contributed by atoms with Crippen molar-refractivity contribution in [3.63, 3.8) is 0 Å². The highest BCUT2D eigenvalue weighted by molar-refractivity contribution is 9.09. The number of halogens is 1. The molecule has 1 heteroatoms. The van der Waals surface area contributed by atoms with Gasteiger partial charge in [-0.1, -0.05) is 58.4 Å². The van der Waals surface area contributed by atoms with Crippen LogP contribution in [-0.4, -0.2) is 4.83 Å². The maximum atomic E-state index is 4.04. The van der Waals surface area contributed by atoms with Crippen molar-refractivity contribution in [2.24, 2.45) is 29.6 Å². The molecule has 3 aliphatic carbocycles. The third kappa shape index (κ3) is 1.93. The van der Waals surface area contributed by atoms with Gasteiger partial charge in [0.1, 0.15) is 0 Å². The first-order valence-corrected chi connectivity index (χ1v) is 9.34. The zero-order valence-corrected chi connectivity index (χ0v) is 13.8. The van der Waals surface area contributed by atoms with Gasteiger partial charge in [0.25, 0.3) is 0 Å². The molecular formula is C20H21Br. The highest BCUT2D eigenvalue weighted by Crippen LogP contribution is 2.71. The number of rotatable bonds is 3. The normalized spacial score (nSPS) is 37.7. The van der Waals surface area contributed by atoms with E-state index in [1.54, 1.807) is 6.42 Å². The topological polar surface area (TPSA) is 0 Å². The first-order chi connectivity index (χ1) is 10.3. The Morgan fingerprint density at radius 3 is 2.43 bits per heavy atom. The van der Waals surface area contributed by atoms with Crippen LogP contribution in [0.1, 0.15) is 24.8 Å². The number of benzene rings is 2. The molecule has 0 radical (unpaired) electrons. The standard InChI is InChI=1S/C20H21Br/c21-17(20-18-15-7-8-16(11-15)19(18)20)10-12-5-6-13-3-1-2-4-14(13)9-12/h1-6,9,15-20H,7-8,10-11H2. The fourth-order valence-corrected chi connectivity index (χ4v) is 6.68. The quantitative estimate of drug-likeness (QED) is 0.652. The predicted octanol–water partition coefficient (Wildman–Crippen LogP) is 5.44. The molecule has 2 aromatic rings. The van der Waals surface area contributed by atoms with Crippen molar-refractivity contribution in [2.75, 3.05) is 0 Å². The molecule has 2 aromatic carbocycles. The maximum Gasteiger partial charge on any atom is 0.0220 e. The molecule has 21 heavy (non-hydrogen) atoms. The average Bonchev–Trinajstić information content (AvgIpc) is 2.96. The second kappa shape index (κ2) is 4.59. The Balaban J connectivity index is 1.35. The third-order valence-corrected chi connectivity index (χ3v) is 7.39. The van der Waals surface area contributed by atoms with Gasteiger partial charge < -0.3 is 0 Å². The van der Waals surface area contributed by atoms with Gasteiger partial charge in [0, 0.05) is 4.83 Å². The van der Waals surface area contributed by atoms with Crippen molar-refractivity contribution in [3.05, 3.63) is 48.0 Å². The average molecular weight is 341 g/mol. The molecule has 108 valence electrons. The molecule has 0 aliphatic heterocycles. The zero-order valence-electron chi connectivity index (χ0n) is 12.2. The van der Waals surface area contributed by atoms with Gasteiger partial charge in [0.05, 0.1) is 0 Å². The lowest BCUT2D eigenvalue weighted by molar-refractivity contribution is 0.455. The third-order valence-electron chi connectivity index (χ3n) is 6.46. The minimum absolute atomic E-state index is 0.692. The zero-order chi connectivity index (χ0) is 14.0. The summed E-state index contributed by atoms with van der Waals surface area (Å²) in [5.41, 5.74) is 1.49. The Bertz CT molecular complexity index is 675. The van der Waals surface area contributed by atoms with Crippen LogP contribution in [0.3, 0.4) is 0 Å². The molecule has 5 unspecified atom stereocenters. The number of hydrogen-bond acceptors (Lipinski definition) is 0. The second-order valence-corrected chi connectivity index (χ2v) is 8.64. The molecular weight excluding hydrogens is 320 g/mol. The molecule has 0 N–H and O–H groups in total. The molecule has 3 aliphatic rings. The fraction of sp³-hybridized carbons (Fsp3) is 0.500. The van der Waals surface area contributed by atoms with Gasteiger partial charge in [-0.2, -0.15) is 0 Å². The van der Waals surface area contributed by atoms with Crippen LogP contribution < -0.4 is 0 Å². The molecule has 5 rings (SSSR count). The van der Waals surface area contributed by atoms with Crippen molar-refractivity contribution >= 4 is 26.7 Å². The summed E-state index contributed by atoms with van der Waals surface area (Å²) in [4.78, 5) is 0.692. The molecule has 0 nitrogen and oxygen atoms in total. The smallest absolute Gasteiger partial charge is 0.0220 e. The van der Waals surface area contributed by atoms with Crippen LogP contribution in [0.25, 0.3) is 10.8 Å². The van der Waals surface area contributed by atoms with Gasteiger partial charge in [0.2, 0.25) is 0 Å². The summed E-state index contributed by atoms with van der Waals surface area (Å²) in [6.45, 7) is 0. The highest BCUT2D eigenvalue weighted by atomic mass is 79.9. The van der Waals surface area contributed by atoms with Crippen molar-refractivity contribution in [1.29, 1.82) is 0 Å². The fourth-order valence-electron chi connectivity index (χ4n) is 5.60. The highest BCUT2D eigenvalue weighted by Gasteiger charge is 2.66. The van der Waals surface area contributed by atoms with Gasteiger partial charge in [-0.15, -0.1) is 0 Å². The van der Waals surface area contributed by atoms with Gasteiger partial charge in [-0.05, 0) is 71.6 Å². The van der Waals surface area contributed by atoms with Gasteiger partial charge >= 0.3 is 0 Å². The second-order valence-electron chi connectivity index (χ2n) is 7.47. The molecule has 0 spiro atoms. The summed E-state index contributed by atoms with van der Waals surface area (Å²) in [6, 6.07) is 15.7. The summed E-state index contributed by atoms with van der Waals surface area (Å²) in [5, 5.41) is 2.74. The maximum absolute atomic E-state index is 4.04. The van der Waals surface area contributed by atoms with E-state index in [-0.39, 0.29) is 0 Å². The lowest BCUT2D eigenvalue weighted by Crippen LogP contribution is -2.12. The van der Waals surface area contributed by atoms with E-state index in [2.05, 4.69) is 58.4 Å². The molecule has 0 saturated heterocycles. The predicted molar refractivity (Wildman–Crippen MR) is 91.7 cm³/mol. The van der Waals surface area contributed by atoms with Crippen molar-refractivity contribution in [2.45, 2.75) is 30.5 Å². The van der Waals surface area contributed by atoms with Crippen LogP contribution in [0.2, 0.25) is 0 Å².